The minimum atomic E-state index is 0.760. The van der Waals surface area contributed by atoms with Gasteiger partial charge >= 0.3 is 0 Å². The van der Waals surface area contributed by atoms with Gasteiger partial charge in [-0.05, 0) is 47.9 Å². The summed E-state index contributed by atoms with van der Waals surface area (Å²) in [6.07, 6.45) is 2.12. The van der Waals surface area contributed by atoms with Gasteiger partial charge in [0.2, 0.25) is 0 Å². The number of hydrogen-bond donors (Lipinski definition) is 1. The molecule has 0 atom stereocenters. The minimum absolute atomic E-state index is 0.760. The van der Waals surface area contributed by atoms with Crippen LogP contribution >= 0.6 is 15.9 Å². The average molecular weight is 264 g/mol. The molecule has 0 spiro atoms. The SMILES string of the molecule is NCCCc1ccc2ccc(Br)cc2c1. The Morgan fingerprint density at radius 3 is 2.60 bits per heavy atom. The zero-order valence-corrected chi connectivity index (χ0v) is 10.1. The van der Waals surface area contributed by atoms with E-state index in [9.17, 15) is 0 Å². The Hall–Kier alpha value is -0.860. The summed E-state index contributed by atoms with van der Waals surface area (Å²) in [6.45, 7) is 0.760. The average Bonchev–Trinajstić information content (AvgIpc) is 2.25. The first-order valence-corrected chi connectivity index (χ1v) is 5.97. The van der Waals surface area contributed by atoms with E-state index < -0.39 is 0 Å². The van der Waals surface area contributed by atoms with Gasteiger partial charge in [0, 0.05) is 4.47 Å². The first kappa shape index (κ1) is 10.7. The van der Waals surface area contributed by atoms with Crippen molar-refractivity contribution >= 4 is 26.7 Å². The molecular formula is C13H14BrN. The number of benzene rings is 2. The third-order valence-electron chi connectivity index (χ3n) is 2.54. The van der Waals surface area contributed by atoms with Gasteiger partial charge in [-0.15, -0.1) is 0 Å². The molecule has 0 aliphatic rings. The van der Waals surface area contributed by atoms with Gasteiger partial charge in [-0.1, -0.05) is 40.2 Å². The van der Waals surface area contributed by atoms with Crippen molar-refractivity contribution in [3.8, 4) is 0 Å². The zero-order valence-electron chi connectivity index (χ0n) is 8.54. The van der Waals surface area contributed by atoms with Crippen molar-refractivity contribution in [1.29, 1.82) is 0 Å². The van der Waals surface area contributed by atoms with Gasteiger partial charge in [0.25, 0.3) is 0 Å². The lowest BCUT2D eigenvalue weighted by molar-refractivity contribution is 0.833. The molecule has 1 nitrogen and oxygen atoms in total. The number of aryl methyl sites for hydroxylation is 1. The fourth-order valence-electron chi connectivity index (χ4n) is 1.73. The molecule has 15 heavy (non-hydrogen) atoms. The second-order valence-corrected chi connectivity index (χ2v) is 4.63. The van der Waals surface area contributed by atoms with Crippen molar-refractivity contribution in [3.05, 3.63) is 46.4 Å². The van der Waals surface area contributed by atoms with Gasteiger partial charge in [0.1, 0.15) is 0 Å². The highest BCUT2D eigenvalue weighted by molar-refractivity contribution is 9.10. The summed E-state index contributed by atoms with van der Waals surface area (Å²) in [5.41, 5.74) is 6.87. The molecule has 2 aromatic carbocycles. The predicted octanol–water partition coefficient (Wildman–Crippen LogP) is 3.49. The summed E-state index contributed by atoms with van der Waals surface area (Å²) in [5, 5.41) is 2.58. The van der Waals surface area contributed by atoms with E-state index in [0.717, 1.165) is 23.9 Å². The molecule has 2 rings (SSSR count). The van der Waals surface area contributed by atoms with Crippen molar-refractivity contribution < 1.29 is 0 Å². The molecule has 0 amide bonds. The van der Waals surface area contributed by atoms with Gasteiger partial charge in [-0.2, -0.15) is 0 Å². The van der Waals surface area contributed by atoms with Crippen LogP contribution in [0.25, 0.3) is 10.8 Å². The van der Waals surface area contributed by atoms with Crippen molar-refractivity contribution in [3.63, 3.8) is 0 Å². The van der Waals surface area contributed by atoms with Crippen molar-refractivity contribution in [1.82, 2.24) is 0 Å². The lowest BCUT2D eigenvalue weighted by Gasteiger charge is -2.03. The van der Waals surface area contributed by atoms with Crippen molar-refractivity contribution in [2.24, 2.45) is 5.73 Å². The van der Waals surface area contributed by atoms with Crippen LogP contribution in [-0.4, -0.2) is 6.54 Å². The van der Waals surface area contributed by atoms with E-state index in [4.69, 9.17) is 5.73 Å². The van der Waals surface area contributed by atoms with Crippen molar-refractivity contribution in [2.75, 3.05) is 6.54 Å². The highest BCUT2D eigenvalue weighted by Crippen LogP contribution is 2.21. The Balaban J connectivity index is 2.36. The molecule has 0 saturated carbocycles. The molecule has 2 N–H and O–H groups in total. The summed E-state index contributed by atoms with van der Waals surface area (Å²) in [7, 11) is 0. The van der Waals surface area contributed by atoms with Crippen LogP contribution in [0.15, 0.2) is 40.9 Å². The lowest BCUT2D eigenvalue weighted by atomic mass is 10.0. The van der Waals surface area contributed by atoms with Gasteiger partial charge in [0.05, 0.1) is 0 Å². The summed E-state index contributed by atoms with van der Waals surface area (Å²) in [5.74, 6) is 0. The van der Waals surface area contributed by atoms with Crippen LogP contribution < -0.4 is 5.73 Å². The highest BCUT2D eigenvalue weighted by atomic mass is 79.9. The third kappa shape index (κ3) is 2.58. The maximum Gasteiger partial charge on any atom is 0.0181 e. The Morgan fingerprint density at radius 2 is 1.80 bits per heavy atom. The van der Waals surface area contributed by atoms with Gasteiger partial charge in [-0.3, -0.25) is 0 Å². The maximum atomic E-state index is 5.51. The fraction of sp³-hybridized carbons (Fsp3) is 0.231. The molecule has 0 aliphatic carbocycles. The molecule has 0 bridgehead atoms. The summed E-state index contributed by atoms with van der Waals surface area (Å²) < 4.78 is 1.13. The van der Waals surface area contributed by atoms with E-state index in [-0.39, 0.29) is 0 Å². The Morgan fingerprint density at radius 1 is 1.00 bits per heavy atom. The van der Waals surface area contributed by atoms with E-state index in [1.165, 1.54) is 16.3 Å². The zero-order chi connectivity index (χ0) is 10.7. The monoisotopic (exact) mass is 263 g/mol. The highest BCUT2D eigenvalue weighted by Gasteiger charge is 1.97. The predicted molar refractivity (Wildman–Crippen MR) is 69.0 cm³/mol. The number of rotatable bonds is 3. The molecule has 0 heterocycles. The minimum Gasteiger partial charge on any atom is -0.330 e. The smallest absolute Gasteiger partial charge is 0.0181 e. The molecule has 0 radical (unpaired) electrons. The molecule has 78 valence electrons. The first-order chi connectivity index (χ1) is 7.29. The Bertz CT molecular complexity index is 465. The molecule has 0 unspecified atom stereocenters. The van der Waals surface area contributed by atoms with E-state index >= 15 is 0 Å². The second-order valence-electron chi connectivity index (χ2n) is 3.72. The number of halogens is 1. The summed E-state index contributed by atoms with van der Waals surface area (Å²) in [6, 6.07) is 13.0. The molecule has 2 heteroatoms. The number of fused-ring (bicyclic) bond motifs is 1. The number of nitrogens with two attached hydrogens (primary N) is 1. The topological polar surface area (TPSA) is 26.0 Å². The van der Waals surface area contributed by atoms with Crippen LogP contribution in [-0.2, 0) is 6.42 Å². The van der Waals surface area contributed by atoms with Crippen LogP contribution in [0.2, 0.25) is 0 Å². The standard InChI is InChI=1S/C13H14BrN/c14-13-6-5-11-4-3-10(2-1-7-15)8-12(11)9-13/h3-6,8-9H,1-2,7,15H2. The molecule has 0 saturated heterocycles. The summed E-state index contributed by atoms with van der Waals surface area (Å²) >= 11 is 3.49. The molecule has 2 aromatic rings. The van der Waals surface area contributed by atoms with Crippen LogP contribution in [0.3, 0.4) is 0 Å². The van der Waals surface area contributed by atoms with E-state index in [2.05, 4.69) is 52.3 Å². The third-order valence-corrected chi connectivity index (χ3v) is 3.03. The lowest BCUT2D eigenvalue weighted by Crippen LogP contribution is -2.00. The Labute approximate surface area is 98.4 Å². The van der Waals surface area contributed by atoms with Crippen LogP contribution in [0, 0.1) is 0 Å². The van der Waals surface area contributed by atoms with E-state index in [1.54, 1.807) is 0 Å². The van der Waals surface area contributed by atoms with Gasteiger partial charge in [0.15, 0.2) is 0 Å². The van der Waals surface area contributed by atoms with E-state index in [1.807, 2.05) is 0 Å². The second kappa shape index (κ2) is 4.77. The molecular weight excluding hydrogens is 250 g/mol. The molecule has 0 fully saturated rings. The first-order valence-electron chi connectivity index (χ1n) is 5.18. The number of hydrogen-bond acceptors (Lipinski definition) is 1. The summed E-state index contributed by atoms with van der Waals surface area (Å²) in [4.78, 5) is 0. The van der Waals surface area contributed by atoms with Crippen LogP contribution in [0.4, 0.5) is 0 Å². The van der Waals surface area contributed by atoms with Gasteiger partial charge < -0.3 is 5.73 Å². The van der Waals surface area contributed by atoms with E-state index in [0.29, 0.717) is 0 Å². The molecule has 0 aliphatic heterocycles. The van der Waals surface area contributed by atoms with Crippen molar-refractivity contribution in [2.45, 2.75) is 12.8 Å². The quantitative estimate of drug-likeness (QED) is 0.902. The fourth-order valence-corrected chi connectivity index (χ4v) is 2.11. The maximum absolute atomic E-state index is 5.51. The normalized spacial score (nSPS) is 10.8. The van der Waals surface area contributed by atoms with Crippen LogP contribution in [0.1, 0.15) is 12.0 Å². The Kier molecular flexibility index (Phi) is 3.39. The van der Waals surface area contributed by atoms with Crippen LogP contribution in [0.5, 0.6) is 0 Å². The molecule has 0 aromatic heterocycles. The van der Waals surface area contributed by atoms with Gasteiger partial charge in [-0.25, -0.2) is 0 Å². The largest absolute Gasteiger partial charge is 0.330 e.